The summed E-state index contributed by atoms with van der Waals surface area (Å²) >= 11 is 12.6. The third-order valence-electron chi connectivity index (χ3n) is 5.71. The van der Waals surface area contributed by atoms with Crippen molar-refractivity contribution in [3.63, 3.8) is 0 Å². The summed E-state index contributed by atoms with van der Waals surface area (Å²) in [6.07, 6.45) is 0. The smallest absolute Gasteiger partial charge is 0.262 e. The third-order valence-corrected chi connectivity index (χ3v) is 6.45. The van der Waals surface area contributed by atoms with Crippen molar-refractivity contribution in [1.82, 2.24) is 0 Å². The molecule has 0 unspecified atom stereocenters. The minimum atomic E-state index is -0.465. The molecule has 0 radical (unpaired) electrons. The standard InChI is InChI=1S/C30H21Cl2NO5/c1-18-15-26-23(16-25(18)32)28(35)30(29(38-26)22-9-5-6-10-24(22)31)36-17-27(34)33-19-11-13-21(14-12-19)37-20-7-3-2-4-8-20/h2-16H,17H2,1H3,(H,33,34). The average molecular weight is 546 g/mol. The Balaban J connectivity index is 1.37. The van der Waals surface area contributed by atoms with Gasteiger partial charge in [-0.05, 0) is 73.2 Å². The zero-order valence-corrected chi connectivity index (χ0v) is 21.7. The normalized spacial score (nSPS) is 10.8. The van der Waals surface area contributed by atoms with E-state index in [0.29, 0.717) is 38.4 Å². The number of aryl methyl sites for hydroxylation is 1. The zero-order valence-electron chi connectivity index (χ0n) is 20.2. The number of hydrogen-bond donors (Lipinski definition) is 1. The summed E-state index contributed by atoms with van der Waals surface area (Å²) in [6, 6.07) is 26.4. The summed E-state index contributed by atoms with van der Waals surface area (Å²) < 4.78 is 17.6. The molecule has 0 saturated carbocycles. The Hall–Kier alpha value is -4.26. The predicted molar refractivity (Wildman–Crippen MR) is 150 cm³/mol. The number of benzene rings is 4. The van der Waals surface area contributed by atoms with Crippen molar-refractivity contribution in [1.29, 1.82) is 0 Å². The maximum atomic E-state index is 13.4. The first kappa shape index (κ1) is 25.4. The number of nitrogens with one attached hydrogen (secondary N) is 1. The molecule has 0 bridgehead atoms. The molecule has 38 heavy (non-hydrogen) atoms. The monoisotopic (exact) mass is 545 g/mol. The summed E-state index contributed by atoms with van der Waals surface area (Å²) in [4.78, 5) is 26.1. The zero-order chi connectivity index (χ0) is 26.6. The fourth-order valence-corrected chi connectivity index (χ4v) is 4.20. The van der Waals surface area contributed by atoms with Crippen LogP contribution in [-0.2, 0) is 4.79 Å². The largest absolute Gasteiger partial charge is 0.476 e. The van der Waals surface area contributed by atoms with E-state index in [1.165, 1.54) is 6.07 Å². The van der Waals surface area contributed by atoms with E-state index < -0.39 is 17.9 Å². The van der Waals surface area contributed by atoms with Gasteiger partial charge < -0.3 is 19.2 Å². The number of fused-ring (bicyclic) bond motifs is 1. The molecule has 5 aromatic rings. The number of ether oxygens (including phenoxy) is 2. The highest BCUT2D eigenvalue weighted by molar-refractivity contribution is 6.33. The van der Waals surface area contributed by atoms with Crippen LogP contribution in [0.25, 0.3) is 22.3 Å². The van der Waals surface area contributed by atoms with E-state index in [0.717, 1.165) is 5.56 Å². The van der Waals surface area contributed by atoms with E-state index in [9.17, 15) is 9.59 Å². The number of anilines is 1. The van der Waals surface area contributed by atoms with Gasteiger partial charge in [0.25, 0.3) is 5.91 Å². The molecule has 1 aromatic heterocycles. The summed E-state index contributed by atoms with van der Waals surface area (Å²) in [6.45, 7) is 1.38. The molecule has 1 heterocycles. The summed E-state index contributed by atoms with van der Waals surface area (Å²) in [5.41, 5.74) is 1.63. The van der Waals surface area contributed by atoms with Crippen LogP contribution in [-0.4, -0.2) is 12.5 Å². The molecule has 1 amide bonds. The van der Waals surface area contributed by atoms with Gasteiger partial charge in [-0.2, -0.15) is 0 Å². The van der Waals surface area contributed by atoms with Crippen LogP contribution in [0.2, 0.25) is 10.0 Å². The lowest BCUT2D eigenvalue weighted by molar-refractivity contribution is -0.118. The second kappa shape index (κ2) is 11.0. The summed E-state index contributed by atoms with van der Waals surface area (Å²) in [5, 5.41) is 3.77. The maximum Gasteiger partial charge on any atom is 0.262 e. The molecule has 190 valence electrons. The van der Waals surface area contributed by atoms with Gasteiger partial charge in [0.2, 0.25) is 11.2 Å². The Morgan fingerprint density at radius 2 is 1.55 bits per heavy atom. The van der Waals surface area contributed by atoms with E-state index in [1.54, 1.807) is 54.6 Å². The lowest BCUT2D eigenvalue weighted by Crippen LogP contribution is -2.22. The second-order valence-corrected chi connectivity index (χ2v) is 9.26. The van der Waals surface area contributed by atoms with Crippen molar-refractivity contribution in [2.45, 2.75) is 6.92 Å². The molecule has 0 fully saturated rings. The van der Waals surface area contributed by atoms with Gasteiger partial charge in [0.1, 0.15) is 17.1 Å². The first-order valence-electron chi connectivity index (χ1n) is 11.7. The van der Waals surface area contributed by atoms with Crippen LogP contribution in [0.15, 0.2) is 100 Å². The SMILES string of the molecule is Cc1cc2oc(-c3ccccc3Cl)c(OCC(=O)Nc3ccc(Oc4ccccc4)cc3)c(=O)c2cc1Cl. The van der Waals surface area contributed by atoms with Gasteiger partial charge in [-0.1, -0.05) is 53.5 Å². The Morgan fingerprint density at radius 3 is 2.29 bits per heavy atom. The number of halogens is 2. The molecule has 5 rings (SSSR count). The van der Waals surface area contributed by atoms with E-state index in [-0.39, 0.29) is 16.9 Å². The van der Waals surface area contributed by atoms with Crippen molar-refractivity contribution in [2.24, 2.45) is 0 Å². The van der Waals surface area contributed by atoms with Crippen LogP contribution in [0.3, 0.4) is 0 Å². The molecular weight excluding hydrogens is 525 g/mol. The molecule has 6 nitrogen and oxygen atoms in total. The van der Waals surface area contributed by atoms with E-state index in [4.69, 9.17) is 37.1 Å². The van der Waals surface area contributed by atoms with Gasteiger partial charge in [-0.25, -0.2) is 0 Å². The van der Waals surface area contributed by atoms with Crippen molar-refractivity contribution >= 4 is 45.8 Å². The third kappa shape index (κ3) is 5.52. The molecule has 0 atom stereocenters. The number of rotatable bonds is 7. The topological polar surface area (TPSA) is 77.8 Å². The number of para-hydroxylation sites is 1. The molecule has 0 spiro atoms. The van der Waals surface area contributed by atoms with Crippen LogP contribution in [0, 0.1) is 6.92 Å². The van der Waals surface area contributed by atoms with Gasteiger partial charge in [0.05, 0.1) is 10.4 Å². The number of amides is 1. The van der Waals surface area contributed by atoms with Crippen LogP contribution in [0.4, 0.5) is 5.69 Å². The molecule has 1 N–H and O–H groups in total. The van der Waals surface area contributed by atoms with Crippen LogP contribution in [0.5, 0.6) is 17.2 Å². The fourth-order valence-electron chi connectivity index (χ4n) is 3.82. The van der Waals surface area contributed by atoms with Gasteiger partial charge in [0.15, 0.2) is 12.4 Å². The molecule has 0 aliphatic rings. The highest BCUT2D eigenvalue weighted by Gasteiger charge is 2.21. The van der Waals surface area contributed by atoms with Crippen LogP contribution in [0.1, 0.15) is 5.56 Å². The highest BCUT2D eigenvalue weighted by Crippen LogP contribution is 2.36. The highest BCUT2D eigenvalue weighted by atomic mass is 35.5. The molecule has 0 aliphatic carbocycles. The first-order valence-corrected chi connectivity index (χ1v) is 12.4. The van der Waals surface area contributed by atoms with Crippen molar-refractivity contribution in [3.8, 4) is 28.6 Å². The lowest BCUT2D eigenvalue weighted by atomic mass is 10.1. The number of carbonyl (C=O) groups excluding carboxylic acids is 1. The lowest BCUT2D eigenvalue weighted by Gasteiger charge is -2.13. The van der Waals surface area contributed by atoms with Crippen molar-refractivity contribution < 1.29 is 18.7 Å². The van der Waals surface area contributed by atoms with Gasteiger partial charge in [0, 0.05) is 16.3 Å². The molecule has 0 aliphatic heterocycles. The Bertz CT molecular complexity index is 1680. The minimum Gasteiger partial charge on any atom is -0.476 e. The predicted octanol–water partition coefficient (Wildman–Crippen LogP) is 7.89. The number of carbonyl (C=O) groups is 1. The Kier molecular flexibility index (Phi) is 7.36. The van der Waals surface area contributed by atoms with Gasteiger partial charge >= 0.3 is 0 Å². The van der Waals surface area contributed by atoms with Crippen molar-refractivity contribution in [3.05, 3.63) is 117 Å². The van der Waals surface area contributed by atoms with Crippen molar-refractivity contribution in [2.75, 3.05) is 11.9 Å². The molecule has 0 saturated heterocycles. The first-order chi connectivity index (χ1) is 18.4. The van der Waals surface area contributed by atoms with E-state index in [1.807, 2.05) is 37.3 Å². The van der Waals surface area contributed by atoms with Gasteiger partial charge in [-0.15, -0.1) is 0 Å². The average Bonchev–Trinajstić information content (AvgIpc) is 2.91. The molecule has 4 aromatic carbocycles. The van der Waals surface area contributed by atoms with E-state index >= 15 is 0 Å². The van der Waals surface area contributed by atoms with Crippen LogP contribution >= 0.6 is 23.2 Å². The number of hydrogen-bond acceptors (Lipinski definition) is 5. The Morgan fingerprint density at radius 1 is 0.868 bits per heavy atom. The maximum absolute atomic E-state index is 13.4. The van der Waals surface area contributed by atoms with Gasteiger partial charge in [-0.3, -0.25) is 9.59 Å². The quantitative estimate of drug-likeness (QED) is 0.225. The second-order valence-electron chi connectivity index (χ2n) is 8.44. The summed E-state index contributed by atoms with van der Waals surface area (Å²) in [5.74, 6) is 0.862. The Labute approximate surface area is 228 Å². The van der Waals surface area contributed by atoms with Crippen LogP contribution < -0.4 is 20.2 Å². The molecule has 8 heteroatoms. The summed E-state index contributed by atoms with van der Waals surface area (Å²) in [7, 11) is 0. The molecular formula is C30H21Cl2NO5. The minimum absolute atomic E-state index is 0.130. The fraction of sp³-hybridized carbons (Fsp3) is 0.0667. The van der Waals surface area contributed by atoms with E-state index in [2.05, 4.69) is 5.32 Å².